The van der Waals surface area contributed by atoms with Crippen LogP contribution < -0.4 is 10.6 Å². The summed E-state index contributed by atoms with van der Waals surface area (Å²) in [7, 11) is 0. The number of hydrogen-bond donors (Lipinski definition) is 3. The number of anilines is 1. The van der Waals surface area contributed by atoms with E-state index in [0.717, 1.165) is 24.2 Å². The van der Waals surface area contributed by atoms with Crippen molar-refractivity contribution in [2.75, 3.05) is 25.0 Å². The minimum Gasteiger partial charge on any atom is -0.338 e. The lowest BCUT2D eigenvalue weighted by Gasteiger charge is -2.32. The van der Waals surface area contributed by atoms with Crippen LogP contribution >= 0.6 is 0 Å². The predicted molar refractivity (Wildman–Crippen MR) is 113 cm³/mol. The maximum absolute atomic E-state index is 13.1. The molecular weight excluding hydrogens is 382 g/mol. The third kappa shape index (κ3) is 4.19. The number of para-hydroxylation sites is 1. The molecule has 1 aromatic carbocycles. The maximum Gasteiger partial charge on any atom is 0.319 e. The molecule has 3 aromatic rings. The van der Waals surface area contributed by atoms with Crippen molar-refractivity contribution in [3.8, 4) is 5.69 Å². The summed E-state index contributed by atoms with van der Waals surface area (Å²) in [5, 5.41) is 17.1. The highest BCUT2D eigenvalue weighted by atomic mass is 16.2. The van der Waals surface area contributed by atoms with E-state index in [1.807, 2.05) is 42.2 Å². The molecule has 4 rings (SSSR count). The standard InChI is InChI=1S/C21H25N7O2/c1-2-22-21(30)24-18-13-23-25-19(18)15-7-6-11-27(14-15)20(29)17-10-12-28(26-17)16-8-4-3-5-9-16/h3-5,8-10,12-13,15H,2,6-7,11,14H2,1H3,(H,23,25)(H2,22,24,30)/t15-/m1/s1. The van der Waals surface area contributed by atoms with Crippen molar-refractivity contribution in [1.82, 2.24) is 30.2 Å². The largest absolute Gasteiger partial charge is 0.338 e. The molecule has 0 spiro atoms. The predicted octanol–water partition coefficient (Wildman–Crippen LogP) is 2.76. The smallest absolute Gasteiger partial charge is 0.319 e. The van der Waals surface area contributed by atoms with E-state index in [1.54, 1.807) is 23.1 Å². The number of nitrogens with zero attached hydrogens (tertiary/aromatic N) is 4. The monoisotopic (exact) mass is 407 g/mol. The molecule has 156 valence electrons. The van der Waals surface area contributed by atoms with Crippen LogP contribution in [0.1, 0.15) is 41.9 Å². The molecule has 0 radical (unpaired) electrons. The molecule has 1 saturated heterocycles. The average molecular weight is 407 g/mol. The molecule has 1 aliphatic heterocycles. The number of carbonyl (C=O) groups is 2. The van der Waals surface area contributed by atoms with Gasteiger partial charge in [-0.1, -0.05) is 18.2 Å². The third-order valence-corrected chi connectivity index (χ3v) is 5.20. The summed E-state index contributed by atoms with van der Waals surface area (Å²) >= 11 is 0. The molecule has 0 unspecified atom stereocenters. The van der Waals surface area contributed by atoms with E-state index in [4.69, 9.17) is 0 Å². The van der Waals surface area contributed by atoms with Gasteiger partial charge in [-0.05, 0) is 38.0 Å². The number of urea groups is 1. The summed E-state index contributed by atoms with van der Waals surface area (Å²) in [6, 6.07) is 11.2. The van der Waals surface area contributed by atoms with Crippen molar-refractivity contribution in [1.29, 1.82) is 0 Å². The summed E-state index contributed by atoms with van der Waals surface area (Å²) in [4.78, 5) is 26.8. The second-order valence-electron chi connectivity index (χ2n) is 7.25. The molecule has 0 aliphatic carbocycles. The number of hydrogen-bond acceptors (Lipinski definition) is 4. The highest BCUT2D eigenvalue weighted by Crippen LogP contribution is 2.30. The van der Waals surface area contributed by atoms with Gasteiger partial charge >= 0.3 is 6.03 Å². The second kappa shape index (κ2) is 8.81. The highest BCUT2D eigenvalue weighted by Gasteiger charge is 2.29. The van der Waals surface area contributed by atoms with Gasteiger partial charge in [-0.2, -0.15) is 10.2 Å². The summed E-state index contributed by atoms with van der Waals surface area (Å²) in [5.41, 5.74) is 2.82. The van der Waals surface area contributed by atoms with Crippen molar-refractivity contribution >= 4 is 17.6 Å². The van der Waals surface area contributed by atoms with E-state index in [2.05, 4.69) is 25.9 Å². The van der Waals surface area contributed by atoms with Gasteiger partial charge in [0.1, 0.15) is 0 Å². The molecule has 3 heterocycles. The van der Waals surface area contributed by atoms with E-state index >= 15 is 0 Å². The fourth-order valence-corrected chi connectivity index (χ4v) is 3.76. The summed E-state index contributed by atoms with van der Waals surface area (Å²) in [6.07, 6.45) is 5.18. The first-order chi connectivity index (χ1) is 14.7. The van der Waals surface area contributed by atoms with Crippen LogP contribution in [0.2, 0.25) is 0 Å². The topological polar surface area (TPSA) is 108 Å². The van der Waals surface area contributed by atoms with Gasteiger partial charge in [0.15, 0.2) is 5.69 Å². The lowest BCUT2D eigenvalue weighted by Crippen LogP contribution is -2.39. The Morgan fingerprint density at radius 1 is 1.23 bits per heavy atom. The molecule has 2 aromatic heterocycles. The minimum atomic E-state index is -0.268. The van der Waals surface area contributed by atoms with Crippen LogP contribution in [0, 0.1) is 0 Å². The van der Waals surface area contributed by atoms with Gasteiger partial charge in [0.05, 0.1) is 23.3 Å². The molecule has 9 nitrogen and oxygen atoms in total. The van der Waals surface area contributed by atoms with Gasteiger partial charge in [0.25, 0.3) is 5.91 Å². The maximum atomic E-state index is 13.1. The molecular formula is C21H25N7O2. The van der Waals surface area contributed by atoms with Gasteiger partial charge in [-0.3, -0.25) is 9.89 Å². The van der Waals surface area contributed by atoms with Crippen molar-refractivity contribution in [2.45, 2.75) is 25.7 Å². The van der Waals surface area contributed by atoms with Crippen LogP contribution in [0.25, 0.3) is 5.69 Å². The minimum absolute atomic E-state index is 0.0679. The summed E-state index contributed by atoms with van der Waals surface area (Å²) < 4.78 is 1.71. The van der Waals surface area contributed by atoms with Crippen LogP contribution in [0.15, 0.2) is 48.8 Å². The first kappa shape index (κ1) is 19.7. The Morgan fingerprint density at radius 2 is 2.07 bits per heavy atom. The molecule has 30 heavy (non-hydrogen) atoms. The van der Waals surface area contributed by atoms with Crippen LogP contribution in [-0.2, 0) is 0 Å². The molecule has 0 saturated carbocycles. The molecule has 9 heteroatoms. The zero-order valence-corrected chi connectivity index (χ0v) is 16.8. The van der Waals surface area contributed by atoms with Crippen LogP contribution in [0.4, 0.5) is 10.5 Å². The Bertz CT molecular complexity index is 1010. The molecule has 1 fully saturated rings. The van der Waals surface area contributed by atoms with E-state index in [9.17, 15) is 9.59 Å². The normalized spacial score (nSPS) is 16.3. The number of amides is 3. The second-order valence-corrected chi connectivity index (χ2v) is 7.25. The Balaban J connectivity index is 1.46. The zero-order valence-electron chi connectivity index (χ0n) is 16.8. The Morgan fingerprint density at radius 3 is 2.87 bits per heavy atom. The van der Waals surface area contributed by atoms with Crippen molar-refractivity contribution in [3.05, 3.63) is 60.2 Å². The number of aromatic amines is 1. The van der Waals surface area contributed by atoms with Crippen LogP contribution in [0.5, 0.6) is 0 Å². The number of benzene rings is 1. The molecule has 3 amide bonds. The Hall–Kier alpha value is -3.62. The van der Waals surface area contributed by atoms with Gasteiger partial charge in [-0.15, -0.1) is 0 Å². The number of carbonyl (C=O) groups excluding carboxylic acids is 2. The van der Waals surface area contributed by atoms with Gasteiger partial charge < -0.3 is 15.5 Å². The first-order valence-corrected chi connectivity index (χ1v) is 10.1. The molecule has 1 atom stereocenters. The fourth-order valence-electron chi connectivity index (χ4n) is 3.76. The number of rotatable bonds is 5. The average Bonchev–Trinajstić information content (AvgIpc) is 3.44. The van der Waals surface area contributed by atoms with Gasteiger partial charge in [0.2, 0.25) is 0 Å². The SMILES string of the molecule is CCNC(=O)Nc1cn[nH]c1[C@@H]1CCCN(C(=O)c2ccn(-c3ccccc3)n2)C1. The van der Waals surface area contributed by atoms with E-state index in [0.29, 0.717) is 31.0 Å². The van der Waals surface area contributed by atoms with E-state index in [1.165, 1.54) is 0 Å². The van der Waals surface area contributed by atoms with Crippen LogP contribution in [-0.4, -0.2) is 56.5 Å². The number of H-pyrrole nitrogens is 1. The fraction of sp³-hybridized carbons (Fsp3) is 0.333. The molecule has 3 N–H and O–H groups in total. The van der Waals surface area contributed by atoms with Crippen molar-refractivity contribution in [2.24, 2.45) is 0 Å². The zero-order chi connectivity index (χ0) is 20.9. The number of aromatic nitrogens is 4. The first-order valence-electron chi connectivity index (χ1n) is 10.1. The molecule has 0 bridgehead atoms. The van der Waals surface area contributed by atoms with Crippen molar-refractivity contribution in [3.63, 3.8) is 0 Å². The van der Waals surface area contributed by atoms with E-state index < -0.39 is 0 Å². The Labute approximate surface area is 174 Å². The number of piperidine rings is 1. The lowest BCUT2D eigenvalue weighted by atomic mass is 9.94. The number of nitrogens with one attached hydrogen (secondary N) is 3. The lowest BCUT2D eigenvalue weighted by molar-refractivity contribution is 0.0699. The number of likely N-dealkylation sites (tertiary alicyclic amines) is 1. The van der Waals surface area contributed by atoms with Crippen molar-refractivity contribution < 1.29 is 9.59 Å². The van der Waals surface area contributed by atoms with Crippen LogP contribution in [0.3, 0.4) is 0 Å². The van der Waals surface area contributed by atoms with Gasteiger partial charge in [-0.25, -0.2) is 9.48 Å². The molecule has 1 aliphatic rings. The highest BCUT2D eigenvalue weighted by molar-refractivity contribution is 5.92. The quantitative estimate of drug-likeness (QED) is 0.604. The van der Waals surface area contributed by atoms with E-state index in [-0.39, 0.29) is 17.9 Å². The summed E-state index contributed by atoms with van der Waals surface area (Å²) in [6.45, 7) is 3.63. The van der Waals surface area contributed by atoms with Gasteiger partial charge in [0, 0.05) is 31.7 Å². The summed E-state index contributed by atoms with van der Waals surface area (Å²) in [5.74, 6) is -0.0227. The third-order valence-electron chi connectivity index (χ3n) is 5.20. The Kier molecular flexibility index (Phi) is 5.78.